The Labute approximate surface area is 115 Å². The average molecular weight is 264 g/mol. The van der Waals surface area contributed by atoms with E-state index in [0.29, 0.717) is 19.2 Å². The maximum absolute atomic E-state index is 10.4. The molecule has 1 aromatic carbocycles. The third-order valence-corrected chi connectivity index (χ3v) is 3.21. The monoisotopic (exact) mass is 264 g/mol. The molecule has 4 heteroatoms. The molecule has 0 aliphatic carbocycles. The van der Waals surface area contributed by atoms with Gasteiger partial charge in [-0.25, -0.2) is 4.79 Å². The first-order chi connectivity index (χ1) is 8.92. The Morgan fingerprint density at radius 2 is 2.00 bits per heavy atom. The van der Waals surface area contributed by atoms with Crippen LogP contribution in [0.4, 0.5) is 4.79 Å². The predicted octanol–water partition coefficient (Wildman–Crippen LogP) is 2.43. The number of ether oxygens (including phenoxy) is 1. The standard InChI is InChI=1S/C15H24N2O2/c1-12(17-9-10-19-14(16)18)11-15(2,3)13-7-5-4-6-8-13/h4-8,12,17H,9-11H2,1-3H3,(H2,16,18). The van der Waals surface area contributed by atoms with E-state index >= 15 is 0 Å². The van der Waals surface area contributed by atoms with Gasteiger partial charge in [-0.2, -0.15) is 0 Å². The number of hydrogen-bond donors (Lipinski definition) is 2. The largest absolute Gasteiger partial charge is 0.448 e. The zero-order valence-corrected chi connectivity index (χ0v) is 12.0. The molecule has 0 saturated carbocycles. The average Bonchev–Trinajstić information content (AvgIpc) is 2.35. The summed E-state index contributed by atoms with van der Waals surface area (Å²) in [5.41, 5.74) is 6.34. The molecule has 0 fully saturated rings. The van der Waals surface area contributed by atoms with Gasteiger partial charge in [0.25, 0.3) is 0 Å². The second-order valence-corrected chi connectivity index (χ2v) is 5.48. The minimum Gasteiger partial charge on any atom is -0.448 e. The molecule has 0 saturated heterocycles. The molecule has 0 aliphatic heterocycles. The van der Waals surface area contributed by atoms with Gasteiger partial charge in [0.2, 0.25) is 0 Å². The Kier molecular flexibility index (Phi) is 5.83. The zero-order valence-electron chi connectivity index (χ0n) is 12.0. The minimum atomic E-state index is -0.723. The van der Waals surface area contributed by atoms with Crippen LogP contribution in [0.3, 0.4) is 0 Å². The maximum Gasteiger partial charge on any atom is 0.404 e. The smallest absolute Gasteiger partial charge is 0.404 e. The molecule has 1 unspecified atom stereocenters. The lowest BCUT2D eigenvalue weighted by molar-refractivity contribution is 0.155. The van der Waals surface area contributed by atoms with Crippen LogP contribution in [0.15, 0.2) is 30.3 Å². The molecule has 19 heavy (non-hydrogen) atoms. The molecule has 106 valence electrons. The van der Waals surface area contributed by atoms with Crippen LogP contribution in [-0.2, 0) is 10.2 Å². The number of nitrogens with two attached hydrogens (primary N) is 1. The third-order valence-electron chi connectivity index (χ3n) is 3.21. The van der Waals surface area contributed by atoms with E-state index in [2.05, 4.69) is 55.1 Å². The zero-order chi connectivity index (χ0) is 14.3. The van der Waals surface area contributed by atoms with Gasteiger partial charge < -0.3 is 15.8 Å². The van der Waals surface area contributed by atoms with Crippen LogP contribution in [0.2, 0.25) is 0 Å². The third kappa shape index (κ3) is 5.75. The van der Waals surface area contributed by atoms with Crippen molar-refractivity contribution in [2.45, 2.75) is 38.6 Å². The highest BCUT2D eigenvalue weighted by atomic mass is 16.5. The summed E-state index contributed by atoms with van der Waals surface area (Å²) in [6.07, 6.45) is 0.284. The van der Waals surface area contributed by atoms with Crippen molar-refractivity contribution in [3.05, 3.63) is 35.9 Å². The van der Waals surface area contributed by atoms with Crippen molar-refractivity contribution in [3.8, 4) is 0 Å². The van der Waals surface area contributed by atoms with Gasteiger partial charge in [0.1, 0.15) is 6.61 Å². The fraction of sp³-hybridized carbons (Fsp3) is 0.533. The second-order valence-electron chi connectivity index (χ2n) is 5.48. The van der Waals surface area contributed by atoms with Gasteiger partial charge in [-0.15, -0.1) is 0 Å². The molecule has 4 nitrogen and oxygen atoms in total. The Morgan fingerprint density at radius 3 is 2.58 bits per heavy atom. The maximum atomic E-state index is 10.4. The topological polar surface area (TPSA) is 64.3 Å². The van der Waals surface area contributed by atoms with Crippen LogP contribution in [-0.4, -0.2) is 25.3 Å². The second kappa shape index (κ2) is 7.14. The number of amides is 1. The molecule has 0 bridgehead atoms. The highest BCUT2D eigenvalue weighted by molar-refractivity contribution is 5.64. The van der Waals surface area contributed by atoms with E-state index in [-0.39, 0.29) is 5.41 Å². The molecule has 1 amide bonds. The van der Waals surface area contributed by atoms with Crippen molar-refractivity contribution >= 4 is 6.09 Å². The molecule has 0 radical (unpaired) electrons. The van der Waals surface area contributed by atoms with Crippen molar-refractivity contribution in [2.24, 2.45) is 5.73 Å². The van der Waals surface area contributed by atoms with Crippen molar-refractivity contribution in [1.82, 2.24) is 5.32 Å². The van der Waals surface area contributed by atoms with Gasteiger partial charge in [-0.05, 0) is 24.3 Å². The van der Waals surface area contributed by atoms with E-state index in [0.717, 1.165) is 6.42 Å². The van der Waals surface area contributed by atoms with E-state index in [9.17, 15) is 4.79 Å². The number of hydrogen-bond acceptors (Lipinski definition) is 3. The van der Waals surface area contributed by atoms with Crippen molar-refractivity contribution < 1.29 is 9.53 Å². The lowest BCUT2D eigenvalue weighted by Gasteiger charge is -2.29. The van der Waals surface area contributed by atoms with Crippen molar-refractivity contribution in [2.75, 3.05) is 13.2 Å². The summed E-state index contributed by atoms with van der Waals surface area (Å²) >= 11 is 0. The summed E-state index contributed by atoms with van der Waals surface area (Å²) in [5.74, 6) is 0. The normalized spacial score (nSPS) is 13.0. The number of carbonyl (C=O) groups excluding carboxylic acids is 1. The SMILES string of the molecule is CC(CC(C)(C)c1ccccc1)NCCOC(N)=O. The number of rotatable bonds is 7. The number of benzene rings is 1. The summed E-state index contributed by atoms with van der Waals surface area (Å²) in [5, 5.41) is 3.33. The Hall–Kier alpha value is -1.55. The van der Waals surface area contributed by atoms with Gasteiger partial charge in [-0.3, -0.25) is 0 Å². The summed E-state index contributed by atoms with van der Waals surface area (Å²) < 4.78 is 4.68. The lowest BCUT2D eigenvalue weighted by Crippen LogP contribution is -2.35. The van der Waals surface area contributed by atoms with Crippen molar-refractivity contribution in [1.29, 1.82) is 0 Å². The van der Waals surface area contributed by atoms with E-state index in [4.69, 9.17) is 5.73 Å². The summed E-state index contributed by atoms with van der Waals surface area (Å²) in [6.45, 7) is 7.54. The fourth-order valence-electron chi connectivity index (χ4n) is 2.30. The highest BCUT2D eigenvalue weighted by Gasteiger charge is 2.22. The van der Waals surface area contributed by atoms with Crippen LogP contribution in [0.25, 0.3) is 0 Å². The van der Waals surface area contributed by atoms with Crippen LogP contribution in [0, 0.1) is 0 Å². The van der Waals surface area contributed by atoms with Gasteiger partial charge in [0, 0.05) is 12.6 Å². The molecule has 0 heterocycles. The minimum absolute atomic E-state index is 0.109. The molecule has 1 rings (SSSR count). The number of carbonyl (C=O) groups is 1. The highest BCUT2D eigenvalue weighted by Crippen LogP contribution is 2.27. The number of primary amides is 1. The predicted molar refractivity (Wildman–Crippen MR) is 77.1 cm³/mol. The first kappa shape index (κ1) is 15.5. The quantitative estimate of drug-likeness (QED) is 0.743. The first-order valence-corrected chi connectivity index (χ1v) is 6.63. The first-order valence-electron chi connectivity index (χ1n) is 6.63. The van der Waals surface area contributed by atoms with Crippen LogP contribution in [0.5, 0.6) is 0 Å². The fourth-order valence-corrected chi connectivity index (χ4v) is 2.30. The Balaban J connectivity index is 2.38. The van der Waals surface area contributed by atoms with E-state index < -0.39 is 6.09 Å². The molecule has 0 aliphatic rings. The molecule has 0 spiro atoms. The molecule has 1 atom stereocenters. The molecular weight excluding hydrogens is 240 g/mol. The van der Waals surface area contributed by atoms with E-state index in [1.807, 2.05) is 6.07 Å². The van der Waals surface area contributed by atoms with Gasteiger partial charge in [0.05, 0.1) is 0 Å². The Morgan fingerprint density at radius 1 is 1.37 bits per heavy atom. The van der Waals surface area contributed by atoms with Gasteiger partial charge in [-0.1, -0.05) is 44.2 Å². The molecular formula is C15H24N2O2. The van der Waals surface area contributed by atoms with Gasteiger partial charge in [0.15, 0.2) is 0 Å². The number of nitrogens with one attached hydrogen (secondary N) is 1. The summed E-state index contributed by atoms with van der Waals surface area (Å²) in [4.78, 5) is 10.4. The van der Waals surface area contributed by atoms with Crippen LogP contribution in [0.1, 0.15) is 32.8 Å². The Bertz CT molecular complexity index is 390. The van der Waals surface area contributed by atoms with Crippen LogP contribution >= 0.6 is 0 Å². The van der Waals surface area contributed by atoms with E-state index in [1.54, 1.807) is 0 Å². The molecule has 3 N–H and O–H groups in total. The lowest BCUT2D eigenvalue weighted by atomic mass is 9.79. The van der Waals surface area contributed by atoms with E-state index in [1.165, 1.54) is 5.56 Å². The summed E-state index contributed by atoms with van der Waals surface area (Å²) in [7, 11) is 0. The van der Waals surface area contributed by atoms with Crippen molar-refractivity contribution in [3.63, 3.8) is 0 Å². The molecule has 0 aromatic heterocycles. The summed E-state index contributed by atoms with van der Waals surface area (Å²) in [6, 6.07) is 10.8. The molecule has 1 aromatic rings. The van der Waals surface area contributed by atoms with Crippen LogP contribution < -0.4 is 11.1 Å². The van der Waals surface area contributed by atoms with Gasteiger partial charge >= 0.3 is 6.09 Å².